The third kappa shape index (κ3) is 81.9. The minimum atomic E-state index is 0. The summed E-state index contributed by atoms with van der Waals surface area (Å²) in [6.07, 6.45) is 0. The van der Waals surface area contributed by atoms with Gasteiger partial charge in [0.25, 0.3) is 0 Å². The molecule has 0 aromatic heterocycles. The summed E-state index contributed by atoms with van der Waals surface area (Å²) in [4.78, 5) is 0. The molecule has 0 aliphatic heterocycles. The van der Waals surface area contributed by atoms with Crippen LogP contribution in [0.4, 0.5) is 0 Å². The summed E-state index contributed by atoms with van der Waals surface area (Å²) in [7, 11) is 0. The summed E-state index contributed by atoms with van der Waals surface area (Å²) < 4.78 is 0. The largest absolute Gasteiger partial charge is 1.00 e. The van der Waals surface area contributed by atoms with Gasteiger partial charge in [0.2, 0.25) is 0 Å². The monoisotopic (exact) mass is 159 g/mol. The Balaban J connectivity index is 0. The molecule has 0 atom stereocenters. The third-order valence-corrected chi connectivity index (χ3v) is 0. The van der Waals surface area contributed by atoms with Crippen molar-refractivity contribution in [3.05, 3.63) is 5.92 Å². The van der Waals surface area contributed by atoms with Crippen LogP contribution in [0.2, 0.25) is 0 Å². The van der Waals surface area contributed by atoms with E-state index in [4.69, 9.17) is 0 Å². The standard InChI is InChI=1S/C4H9.Ru/c1-4(2)3;/h1-3H3;/q-1;+1. The fourth-order valence-electron chi connectivity index (χ4n) is 0. The fraction of sp³-hybridized carbons (Fsp3) is 0.750. The Morgan fingerprint density at radius 2 is 1.00 bits per heavy atom. The van der Waals surface area contributed by atoms with Gasteiger partial charge in [-0.2, -0.15) is 20.8 Å². The summed E-state index contributed by atoms with van der Waals surface area (Å²) in [5.41, 5.74) is 0. The second kappa shape index (κ2) is 4.62. The molecule has 0 saturated carbocycles. The third-order valence-electron chi connectivity index (χ3n) is 0. The molecule has 0 bridgehead atoms. The van der Waals surface area contributed by atoms with E-state index in [1.54, 1.807) is 0 Å². The maximum absolute atomic E-state index is 2.08. The average molecular weight is 158 g/mol. The molecule has 0 amide bonds. The molecule has 0 spiro atoms. The van der Waals surface area contributed by atoms with Crippen LogP contribution < -0.4 is 0 Å². The molecule has 0 unspecified atom stereocenters. The molecule has 33 valence electrons. The van der Waals surface area contributed by atoms with Crippen molar-refractivity contribution in [3.63, 3.8) is 0 Å². The van der Waals surface area contributed by atoms with Crippen LogP contribution in [0.25, 0.3) is 0 Å². The summed E-state index contributed by atoms with van der Waals surface area (Å²) in [5, 5.41) is 0. The van der Waals surface area contributed by atoms with Gasteiger partial charge in [-0.15, -0.1) is 0 Å². The van der Waals surface area contributed by atoms with E-state index in [2.05, 4.69) is 20.8 Å². The second-order valence-electron chi connectivity index (χ2n) is 1.50. The van der Waals surface area contributed by atoms with Crippen molar-refractivity contribution in [2.75, 3.05) is 0 Å². The Morgan fingerprint density at radius 3 is 1.00 bits per heavy atom. The molecular formula is C4H9Ru. The van der Waals surface area contributed by atoms with Crippen LogP contribution >= 0.6 is 0 Å². The predicted octanol–water partition coefficient (Wildman–Crippen LogP) is 1.62. The van der Waals surface area contributed by atoms with Gasteiger partial charge in [-0.05, 0) is 0 Å². The van der Waals surface area contributed by atoms with Crippen molar-refractivity contribution < 1.29 is 19.5 Å². The van der Waals surface area contributed by atoms with Crippen LogP contribution in [0, 0.1) is 5.92 Å². The van der Waals surface area contributed by atoms with Crippen molar-refractivity contribution in [2.24, 2.45) is 0 Å². The zero-order valence-electron chi connectivity index (χ0n) is 3.85. The molecule has 0 aromatic carbocycles. The molecule has 5 heavy (non-hydrogen) atoms. The van der Waals surface area contributed by atoms with E-state index in [1.807, 2.05) is 0 Å². The maximum Gasteiger partial charge on any atom is 1.00 e. The zero-order chi connectivity index (χ0) is 3.58. The van der Waals surface area contributed by atoms with Gasteiger partial charge >= 0.3 is 19.5 Å². The van der Waals surface area contributed by atoms with E-state index < -0.39 is 0 Å². The fourth-order valence-corrected chi connectivity index (χ4v) is 0. The van der Waals surface area contributed by atoms with Crippen LogP contribution in [-0.2, 0) is 19.5 Å². The molecule has 0 aliphatic rings. The molecule has 1 radical (unpaired) electrons. The number of hydrogen-bond donors (Lipinski definition) is 0. The Bertz CT molecular complexity index is 8.36. The van der Waals surface area contributed by atoms with E-state index in [9.17, 15) is 0 Å². The minimum Gasteiger partial charge on any atom is -0.323 e. The summed E-state index contributed by atoms with van der Waals surface area (Å²) >= 11 is 0. The first-order valence-electron chi connectivity index (χ1n) is 1.50. The normalized spacial score (nSPS) is 7.20. The van der Waals surface area contributed by atoms with E-state index in [0.717, 1.165) is 0 Å². The van der Waals surface area contributed by atoms with Gasteiger partial charge in [-0.1, -0.05) is 0 Å². The van der Waals surface area contributed by atoms with Crippen molar-refractivity contribution in [2.45, 2.75) is 20.8 Å². The molecule has 0 nitrogen and oxygen atoms in total. The van der Waals surface area contributed by atoms with Gasteiger partial charge in [0.1, 0.15) is 0 Å². The molecule has 0 rings (SSSR count). The average Bonchev–Trinajstić information content (AvgIpc) is 0.811. The van der Waals surface area contributed by atoms with E-state index in [-0.39, 0.29) is 19.5 Å². The molecule has 0 saturated heterocycles. The van der Waals surface area contributed by atoms with Gasteiger partial charge < -0.3 is 5.92 Å². The van der Waals surface area contributed by atoms with Gasteiger partial charge in [0, 0.05) is 0 Å². The van der Waals surface area contributed by atoms with Crippen LogP contribution in [0.1, 0.15) is 20.8 Å². The van der Waals surface area contributed by atoms with E-state index in [1.165, 1.54) is 5.92 Å². The minimum absolute atomic E-state index is 0. The first-order chi connectivity index (χ1) is 1.73. The molecule has 0 N–H and O–H groups in total. The van der Waals surface area contributed by atoms with Gasteiger partial charge in [0.15, 0.2) is 0 Å². The predicted molar refractivity (Wildman–Crippen MR) is 20.3 cm³/mol. The van der Waals surface area contributed by atoms with Crippen molar-refractivity contribution in [1.29, 1.82) is 0 Å². The topological polar surface area (TPSA) is 0 Å². The van der Waals surface area contributed by atoms with Crippen molar-refractivity contribution in [1.82, 2.24) is 0 Å². The second-order valence-corrected chi connectivity index (χ2v) is 1.50. The maximum atomic E-state index is 2.08. The first-order valence-corrected chi connectivity index (χ1v) is 1.50. The quantitative estimate of drug-likeness (QED) is 0.371. The SMILES string of the molecule is C[C-](C)C.[Ru+]. The molecule has 0 fully saturated rings. The van der Waals surface area contributed by atoms with E-state index >= 15 is 0 Å². The molecule has 0 aromatic rings. The van der Waals surface area contributed by atoms with Gasteiger partial charge in [0.05, 0.1) is 0 Å². The molecule has 0 heterocycles. The first kappa shape index (κ1) is 9.16. The summed E-state index contributed by atoms with van der Waals surface area (Å²) in [6.45, 7) is 6.25. The van der Waals surface area contributed by atoms with Crippen molar-refractivity contribution >= 4 is 0 Å². The van der Waals surface area contributed by atoms with Crippen LogP contribution in [0.15, 0.2) is 0 Å². The summed E-state index contributed by atoms with van der Waals surface area (Å²) in [6, 6.07) is 0. The molecule has 0 aliphatic carbocycles. The van der Waals surface area contributed by atoms with Crippen LogP contribution in [0.5, 0.6) is 0 Å². The Labute approximate surface area is 46.7 Å². The van der Waals surface area contributed by atoms with Gasteiger partial charge in [-0.25, -0.2) is 0 Å². The van der Waals surface area contributed by atoms with Crippen LogP contribution in [-0.4, -0.2) is 0 Å². The Morgan fingerprint density at radius 1 is 1.00 bits per heavy atom. The Kier molecular flexibility index (Phi) is 8.47. The van der Waals surface area contributed by atoms with E-state index in [0.29, 0.717) is 0 Å². The van der Waals surface area contributed by atoms with Gasteiger partial charge in [-0.3, -0.25) is 0 Å². The zero-order valence-corrected chi connectivity index (χ0v) is 5.59. The van der Waals surface area contributed by atoms with Crippen molar-refractivity contribution in [3.8, 4) is 0 Å². The molecular weight excluding hydrogens is 149 g/mol. The smallest absolute Gasteiger partial charge is 0.323 e. The van der Waals surface area contributed by atoms with Crippen LogP contribution in [0.3, 0.4) is 0 Å². The number of rotatable bonds is 0. The molecule has 1 heteroatoms. The summed E-state index contributed by atoms with van der Waals surface area (Å²) in [5.74, 6) is 1.42. The Hall–Kier alpha value is 0.623. The number of hydrogen-bond acceptors (Lipinski definition) is 0.